The van der Waals surface area contributed by atoms with Gasteiger partial charge in [0.2, 0.25) is 0 Å². The fourth-order valence-electron chi connectivity index (χ4n) is 2.01. The SMILES string of the molecule is C=CCN(CCC)c1cccc(SCC)c1C(=O)O. The minimum absolute atomic E-state index is 0.407. The summed E-state index contributed by atoms with van der Waals surface area (Å²) in [5.41, 5.74) is 1.19. The van der Waals surface area contributed by atoms with Gasteiger partial charge in [-0.1, -0.05) is 26.0 Å². The summed E-state index contributed by atoms with van der Waals surface area (Å²) in [5, 5.41) is 9.49. The zero-order valence-electron chi connectivity index (χ0n) is 11.6. The van der Waals surface area contributed by atoms with Gasteiger partial charge >= 0.3 is 5.97 Å². The van der Waals surface area contributed by atoms with Crippen molar-refractivity contribution in [3.63, 3.8) is 0 Å². The summed E-state index contributed by atoms with van der Waals surface area (Å²) in [4.78, 5) is 14.5. The summed E-state index contributed by atoms with van der Waals surface area (Å²) < 4.78 is 0. The molecule has 3 nitrogen and oxygen atoms in total. The minimum atomic E-state index is -0.864. The summed E-state index contributed by atoms with van der Waals surface area (Å²) in [6.07, 6.45) is 2.78. The molecule has 0 spiro atoms. The van der Waals surface area contributed by atoms with E-state index in [1.54, 1.807) is 17.8 Å². The second-order valence-corrected chi connectivity index (χ2v) is 5.43. The van der Waals surface area contributed by atoms with Crippen molar-refractivity contribution >= 4 is 23.4 Å². The predicted octanol–water partition coefficient (Wildman–Crippen LogP) is 3.90. The van der Waals surface area contributed by atoms with Gasteiger partial charge in [-0.3, -0.25) is 0 Å². The Hall–Kier alpha value is -1.42. The molecule has 0 fully saturated rings. The van der Waals surface area contributed by atoms with Gasteiger partial charge in [0.1, 0.15) is 0 Å². The Morgan fingerprint density at radius 3 is 2.74 bits per heavy atom. The number of rotatable bonds is 8. The first-order chi connectivity index (χ1) is 9.15. The van der Waals surface area contributed by atoms with Crippen molar-refractivity contribution in [2.45, 2.75) is 25.2 Å². The molecular formula is C15H21NO2S. The van der Waals surface area contributed by atoms with E-state index in [-0.39, 0.29) is 0 Å². The van der Waals surface area contributed by atoms with E-state index in [0.717, 1.165) is 29.3 Å². The lowest BCUT2D eigenvalue weighted by molar-refractivity contribution is 0.0694. The number of aromatic carboxylic acids is 1. The van der Waals surface area contributed by atoms with Gasteiger partial charge in [0, 0.05) is 18.0 Å². The van der Waals surface area contributed by atoms with Crippen molar-refractivity contribution in [2.75, 3.05) is 23.7 Å². The average Bonchev–Trinajstić information content (AvgIpc) is 2.38. The van der Waals surface area contributed by atoms with Crippen molar-refractivity contribution in [1.82, 2.24) is 0 Å². The van der Waals surface area contributed by atoms with Crippen LogP contribution in [0.3, 0.4) is 0 Å². The molecule has 1 N–H and O–H groups in total. The summed E-state index contributed by atoms with van der Waals surface area (Å²) in [6, 6.07) is 5.67. The Kier molecular flexibility index (Phi) is 6.50. The highest BCUT2D eigenvalue weighted by Crippen LogP contribution is 2.31. The van der Waals surface area contributed by atoms with Crippen molar-refractivity contribution in [2.24, 2.45) is 0 Å². The maximum absolute atomic E-state index is 11.6. The van der Waals surface area contributed by atoms with Gasteiger partial charge < -0.3 is 10.0 Å². The van der Waals surface area contributed by atoms with E-state index in [4.69, 9.17) is 0 Å². The average molecular weight is 279 g/mol. The van der Waals surface area contributed by atoms with Crippen LogP contribution in [-0.4, -0.2) is 29.9 Å². The van der Waals surface area contributed by atoms with Crippen LogP contribution in [0.1, 0.15) is 30.6 Å². The number of benzene rings is 1. The molecule has 19 heavy (non-hydrogen) atoms. The van der Waals surface area contributed by atoms with Crippen molar-refractivity contribution in [3.05, 3.63) is 36.4 Å². The maximum Gasteiger partial charge on any atom is 0.338 e. The van der Waals surface area contributed by atoms with Gasteiger partial charge in [0.25, 0.3) is 0 Å². The van der Waals surface area contributed by atoms with Gasteiger partial charge in [-0.25, -0.2) is 4.79 Å². The van der Waals surface area contributed by atoms with Crippen LogP contribution in [0.4, 0.5) is 5.69 Å². The first kappa shape index (κ1) is 15.6. The molecule has 0 saturated carbocycles. The first-order valence-electron chi connectivity index (χ1n) is 6.50. The number of thioether (sulfide) groups is 1. The highest BCUT2D eigenvalue weighted by atomic mass is 32.2. The summed E-state index contributed by atoms with van der Waals surface area (Å²) >= 11 is 1.56. The minimum Gasteiger partial charge on any atom is -0.478 e. The van der Waals surface area contributed by atoms with Gasteiger partial charge in [0.05, 0.1) is 11.3 Å². The van der Waals surface area contributed by atoms with E-state index in [1.165, 1.54) is 0 Å². The van der Waals surface area contributed by atoms with E-state index < -0.39 is 5.97 Å². The van der Waals surface area contributed by atoms with Crippen LogP contribution < -0.4 is 4.90 Å². The molecule has 0 aliphatic carbocycles. The second-order valence-electron chi connectivity index (χ2n) is 4.12. The molecule has 0 radical (unpaired) electrons. The summed E-state index contributed by atoms with van der Waals surface area (Å²) in [5.74, 6) is -0.00406. The molecule has 0 atom stereocenters. The molecule has 1 rings (SSSR count). The summed E-state index contributed by atoms with van der Waals surface area (Å²) in [6.45, 7) is 9.34. The number of hydrogen-bond acceptors (Lipinski definition) is 3. The Morgan fingerprint density at radius 2 is 2.21 bits per heavy atom. The van der Waals surface area contributed by atoms with Crippen LogP contribution in [0, 0.1) is 0 Å². The fourth-order valence-corrected chi connectivity index (χ4v) is 2.83. The van der Waals surface area contributed by atoms with Crippen LogP contribution in [0.2, 0.25) is 0 Å². The molecular weight excluding hydrogens is 258 g/mol. The Bertz CT molecular complexity index is 446. The largest absolute Gasteiger partial charge is 0.478 e. The van der Waals surface area contributed by atoms with Gasteiger partial charge in [-0.05, 0) is 24.3 Å². The van der Waals surface area contributed by atoms with E-state index >= 15 is 0 Å². The predicted molar refractivity (Wildman–Crippen MR) is 82.5 cm³/mol. The van der Waals surface area contributed by atoms with Gasteiger partial charge in [-0.15, -0.1) is 18.3 Å². The molecule has 0 aliphatic rings. The van der Waals surface area contributed by atoms with Crippen LogP contribution in [0.15, 0.2) is 35.7 Å². The Balaban J connectivity index is 3.26. The molecule has 0 aliphatic heterocycles. The summed E-state index contributed by atoms with van der Waals surface area (Å²) in [7, 11) is 0. The van der Waals surface area contributed by atoms with Crippen molar-refractivity contribution < 1.29 is 9.90 Å². The number of carbonyl (C=O) groups is 1. The number of carboxylic acid groups (broad SMARTS) is 1. The van der Waals surface area contributed by atoms with Crippen LogP contribution in [0.5, 0.6) is 0 Å². The van der Waals surface area contributed by atoms with Crippen molar-refractivity contribution in [3.8, 4) is 0 Å². The molecule has 0 aromatic heterocycles. The molecule has 0 unspecified atom stereocenters. The molecule has 0 heterocycles. The molecule has 0 bridgehead atoms. The molecule has 4 heteroatoms. The molecule has 0 amide bonds. The quantitative estimate of drug-likeness (QED) is 0.579. The zero-order valence-corrected chi connectivity index (χ0v) is 12.4. The second kappa shape index (κ2) is 7.89. The molecule has 1 aromatic carbocycles. The topological polar surface area (TPSA) is 40.5 Å². The maximum atomic E-state index is 11.6. The third kappa shape index (κ3) is 4.03. The first-order valence-corrected chi connectivity index (χ1v) is 7.49. The fraction of sp³-hybridized carbons (Fsp3) is 0.400. The number of anilines is 1. The lowest BCUT2D eigenvalue weighted by Crippen LogP contribution is -2.26. The Labute approximate surface area is 119 Å². The molecule has 1 aromatic rings. The van der Waals surface area contributed by atoms with Crippen LogP contribution >= 0.6 is 11.8 Å². The zero-order chi connectivity index (χ0) is 14.3. The molecule has 0 saturated heterocycles. The number of hydrogen-bond donors (Lipinski definition) is 1. The standard InChI is InChI=1S/C15H21NO2S/c1-4-10-16(11-5-2)12-8-7-9-13(19-6-3)14(12)15(17)18/h4,7-9H,1,5-6,10-11H2,2-3H3,(H,17,18). The molecule has 104 valence electrons. The third-order valence-corrected chi connectivity index (χ3v) is 3.64. The van der Waals surface area contributed by atoms with E-state index in [0.29, 0.717) is 12.1 Å². The lowest BCUT2D eigenvalue weighted by atomic mass is 10.1. The van der Waals surface area contributed by atoms with E-state index in [9.17, 15) is 9.90 Å². The van der Waals surface area contributed by atoms with Gasteiger partial charge in [-0.2, -0.15) is 0 Å². The lowest BCUT2D eigenvalue weighted by Gasteiger charge is -2.25. The van der Waals surface area contributed by atoms with Crippen LogP contribution in [-0.2, 0) is 0 Å². The number of nitrogens with zero attached hydrogens (tertiary/aromatic N) is 1. The normalized spacial score (nSPS) is 10.2. The monoisotopic (exact) mass is 279 g/mol. The van der Waals surface area contributed by atoms with Crippen molar-refractivity contribution in [1.29, 1.82) is 0 Å². The van der Waals surface area contributed by atoms with E-state index in [2.05, 4.69) is 18.4 Å². The van der Waals surface area contributed by atoms with Gasteiger partial charge in [0.15, 0.2) is 0 Å². The highest BCUT2D eigenvalue weighted by Gasteiger charge is 2.18. The Morgan fingerprint density at radius 1 is 1.47 bits per heavy atom. The van der Waals surface area contributed by atoms with E-state index in [1.807, 2.05) is 25.1 Å². The van der Waals surface area contributed by atoms with Crippen LogP contribution in [0.25, 0.3) is 0 Å². The smallest absolute Gasteiger partial charge is 0.338 e. The highest BCUT2D eigenvalue weighted by molar-refractivity contribution is 7.99. The third-order valence-electron chi connectivity index (χ3n) is 2.70. The number of carboxylic acids is 1.